The van der Waals surface area contributed by atoms with Gasteiger partial charge in [0.05, 0.1) is 22.8 Å². The van der Waals surface area contributed by atoms with Gasteiger partial charge in [0.1, 0.15) is 6.54 Å². The molecule has 1 aromatic carbocycles. The third-order valence-electron chi connectivity index (χ3n) is 5.93. The number of fused-ring (bicyclic) bond motifs is 2. The van der Waals surface area contributed by atoms with Gasteiger partial charge in [-0.25, -0.2) is 4.98 Å². The highest BCUT2D eigenvalue weighted by Gasteiger charge is 2.66. The molecule has 0 radical (unpaired) electrons. The van der Waals surface area contributed by atoms with Crippen LogP contribution in [0.15, 0.2) is 30.6 Å². The zero-order chi connectivity index (χ0) is 17.1. The number of likely N-dealkylation sites (tertiary alicyclic amines) is 1. The molecule has 1 aromatic heterocycles. The molecule has 2 aliphatic rings. The SMILES string of the molecule is CC1(C)C[C@]2(C(N)=O)CN(C(=O)Cn3cnc4ccccc43)C[C@H]12. The number of nitrogens with zero attached hydrogens (tertiary/aromatic N) is 3. The van der Waals surface area contributed by atoms with Gasteiger partial charge >= 0.3 is 0 Å². The molecule has 2 fully saturated rings. The minimum Gasteiger partial charge on any atom is -0.369 e. The molecule has 1 aliphatic heterocycles. The molecule has 6 heteroatoms. The Labute approximate surface area is 140 Å². The molecule has 6 nitrogen and oxygen atoms in total. The topological polar surface area (TPSA) is 81.2 Å². The molecule has 24 heavy (non-hydrogen) atoms. The van der Waals surface area contributed by atoms with Crippen molar-refractivity contribution >= 4 is 22.8 Å². The first-order valence-electron chi connectivity index (χ1n) is 8.31. The summed E-state index contributed by atoms with van der Waals surface area (Å²) in [5.41, 5.74) is 7.02. The molecule has 2 N–H and O–H groups in total. The Balaban J connectivity index is 1.55. The van der Waals surface area contributed by atoms with Crippen molar-refractivity contribution in [3.63, 3.8) is 0 Å². The van der Waals surface area contributed by atoms with E-state index in [4.69, 9.17) is 5.73 Å². The van der Waals surface area contributed by atoms with E-state index in [-0.39, 0.29) is 29.7 Å². The van der Waals surface area contributed by atoms with Crippen LogP contribution in [0.4, 0.5) is 0 Å². The quantitative estimate of drug-likeness (QED) is 0.925. The average Bonchev–Trinajstić information content (AvgIpc) is 3.08. The van der Waals surface area contributed by atoms with E-state index in [0.717, 1.165) is 17.5 Å². The highest BCUT2D eigenvalue weighted by atomic mass is 16.2. The molecular formula is C18H22N4O2. The van der Waals surface area contributed by atoms with Crippen molar-refractivity contribution in [2.24, 2.45) is 22.5 Å². The lowest BCUT2D eigenvalue weighted by Gasteiger charge is -2.54. The van der Waals surface area contributed by atoms with Gasteiger partial charge in [-0.3, -0.25) is 9.59 Å². The minimum absolute atomic E-state index is 0.0176. The van der Waals surface area contributed by atoms with E-state index >= 15 is 0 Å². The molecule has 2 atom stereocenters. The molecule has 2 aromatic rings. The molecule has 1 saturated carbocycles. The second-order valence-corrected chi connectivity index (χ2v) is 7.87. The van der Waals surface area contributed by atoms with Gasteiger partial charge in [-0.05, 0) is 29.9 Å². The van der Waals surface area contributed by atoms with Gasteiger partial charge in [0.25, 0.3) is 0 Å². The summed E-state index contributed by atoms with van der Waals surface area (Å²) < 4.78 is 1.86. The summed E-state index contributed by atoms with van der Waals surface area (Å²) in [7, 11) is 0. The van der Waals surface area contributed by atoms with Crippen LogP contribution in [0.25, 0.3) is 11.0 Å². The van der Waals surface area contributed by atoms with Crippen molar-refractivity contribution < 1.29 is 9.59 Å². The van der Waals surface area contributed by atoms with E-state index in [1.165, 1.54) is 0 Å². The smallest absolute Gasteiger partial charge is 0.242 e. The number of amides is 2. The van der Waals surface area contributed by atoms with Crippen LogP contribution in [-0.4, -0.2) is 39.4 Å². The first kappa shape index (κ1) is 15.2. The highest BCUT2D eigenvalue weighted by molar-refractivity contribution is 5.86. The fourth-order valence-electron chi connectivity index (χ4n) is 4.80. The Morgan fingerprint density at radius 2 is 2.08 bits per heavy atom. The Hall–Kier alpha value is -2.37. The van der Waals surface area contributed by atoms with E-state index in [9.17, 15) is 9.59 Å². The van der Waals surface area contributed by atoms with E-state index in [2.05, 4.69) is 18.8 Å². The molecule has 126 valence electrons. The summed E-state index contributed by atoms with van der Waals surface area (Å²) in [6, 6.07) is 7.75. The second-order valence-electron chi connectivity index (χ2n) is 7.87. The summed E-state index contributed by atoms with van der Waals surface area (Å²) in [5, 5.41) is 0. The molecule has 0 bridgehead atoms. The predicted molar refractivity (Wildman–Crippen MR) is 89.8 cm³/mol. The number of hydrogen-bond donors (Lipinski definition) is 1. The number of primary amides is 1. The largest absolute Gasteiger partial charge is 0.369 e. The fourth-order valence-corrected chi connectivity index (χ4v) is 4.80. The summed E-state index contributed by atoms with van der Waals surface area (Å²) in [5.74, 6) is -0.0924. The highest BCUT2D eigenvalue weighted by Crippen LogP contribution is 2.62. The van der Waals surface area contributed by atoms with Crippen molar-refractivity contribution in [1.29, 1.82) is 0 Å². The van der Waals surface area contributed by atoms with Crippen LogP contribution in [0.1, 0.15) is 20.3 Å². The molecule has 1 aliphatic carbocycles. The van der Waals surface area contributed by atoms with Crippen molar-refractivity contribution in [3.8, 4) is 0 Å². The number of carbonyl (C=O) groups is 2. The molecule has 4 rings (SSSR count). The van der Waals surface area contributed by atoms with E-state index in [1.54, 1.807) is 11.2 Å². The Morgan fingerprint density at radius 3 is 2.75 bits per heavy atom. The van der Waals surface area contributed by atoms with Gasteiger partial charge in [0.2, 0.25) is 11.8 Å². The van der Waals surface area contributed by atoms with Crippen LogP contribution in [-0.2, 0) is 16.1 Å². The maximum Gasteiger partial charge on any atom is 0.242 e. The van der Waals surface area contributed by atoms with Gasteiger partial charge in [-0.15, -0.1) is 0 Å². The number of benzene rings is 1. The number of nitrogens with two attached hydrogens (primary N) is 1. The zero-order valence-electron chi connectivity index (χ0n) is 14.0. The summed E-state index contributed by atoms with van der Waals surface area (Å²) >= 11 is 0. The van der Waals surface area contributed by atoms with E-state index in [1.807, 2.05) is 28.8 Å². The standard InChI is InChI=1S/C18H22N4O2/c1-17(2)9-18(16(19)24)10-21(7-14(17)18)15(23)8-22-11-20-12-5-3-4-6-13(12)22/h3-6,11,14H,7-10H2,1-2H3,(H2,19,24)/t14-,18+/m1/s1. The van der Waals surface area contributed by atoms with Crippen LogP contribution in [0.3, 0.4) is 0 Å². The lowest BCUT2D eigenvalue weighted by Crippen LogP contribution is -2.59. The normalized spacial score (nSPS) is 27.8. The maximum atomic E-state index is 12.8. The van der Waals surface area contributed by atoms with Crippen molar-refractivity contribution in [1.82, 2.24) is 14.5 Å². The summed E-state index contributed by atoms with van der Waals surface area (Å²) in [4.78, 5) is 30.9. The number of imidazole rings is 1. The summed E-state index contributed by atoms with van der Waals surface area (Å²) in [6.45, 7) is 5.60. The predicted octanol–water partition coefficient (Wildman–Crippen LogP) is 1.40. The van der Waals surface area contributed by atoms with Crippen LogP contribution in [0.2, 0.25) is 0 Å². The van der Waals surface area contributed by atoms with Gasteiger partial charge in [0.15, 0.2) is 0 Å². The van der Waals surface area contributed by atoms with Crippen LogP contribution >= 0.6 is 0 Å². The number of aromatic nitrogens is 2. The van der Waals surface area contributed by atoms with Crippen LogP contribution < -0.4 is 5.73 Å². The first-order chi connectivity index (χ1) is 11.3. The average molecular weight is 326 g/mol. The van der Waals surface area contributed by atoms with Crippen molar-refractivity contribution in [2.45, 2.75) is 26.8 Å². The van der Waals surface area contributed by atoms with E-state index in [0.29, 0.717) is 13.1 Å². The fraction of sp³-hybridized carbons (Fsp3) is 0.500. The summed E-state index contributed by atoms with van der Waals surface area (Å²) in [6.07, 6.45) is 2.46. The van der Waals surface area contributed by atoms with Crippen molar-refractivity contribution in [2.75, 3.05) is 13.1 Å². The molecule has 2 amide bonds. The lowest BCUT2D eigenvalue weighted by atomic mass is 9.48. The molecule has 0 unspecified atom stereocenters. The molecule has 2 heterocycles. The van der Waals surface area contributed by atoms with Gasteiger partial charge < -0.3 is 15.2 Å². The number of hydrogen-bond acceptors (Lipinski definition) is 3. The van der Waals surface area contributed by atoms with E-state index < -0.39 is 5.41 Å². The number of carbonyl (C=O) groups excluding carboxylic acids is 2. The van der Waals surface area contributed by atoms with Gasteiger partial charge in [-0.1, -0.05) is 26.0 Å². The molecule has 0 spiro atoms. The zero-order valence-corrected chi connectivity index (χ0v) is 14.0. The third kappa shape index (κ3) is 1.98. The van der Waals surface area contributed by atoms with Crippen LogP contribution in [0.5, 0.6) is 0 Å². The van der Waals surface area contributed by atoms with Gasteiger partial charge in [-0.2, -0.15) is 0 Å². The van der Waals surface area contributed by atoms with Crippen molar-refractivity contribution in [3.05, 3.63) is 30.6 Å². The first-order valence-corrected chi connectivity index (χ1v) is 8.31. The Bertz CT molecular complexity index is 840. The second kappa shape index (κ2) is 4.82. The number of rotatable bonds is 3. The van der Waals surface area contributed by atoms with Crippen LogP contribution in [0, 0.1) is 16.7 Å². The Kier molecular flexibility index (Phi) is 3.04. The number of para-hydroxylation sites is 2. The maximum absolute atomic E-state index is 12.8. The van der Waals surface area contributed by atoms with Gasteiger partial charge in [0, 0.05) is 13.1 Å². The lowest BCUT2D eigenvalue weighted by molar-refractivity contribution is -0.148. The molecular weight excluding hydrogens is 304 g/mol. The monoisotopic (exact) mass is 326 g/mol. The minimum atomic E-state index is -0.532. The third-order valence-corrected chi connectivity index (χ3v) is 5.93. The Morgan fingerprint density at radius 1 is 1.33 bits per heavy atom. The molecule has 1 saturated heterocycles.